The van der Waals surface area contributed by atoms with Crippen LogP contribution >= 0.6 is 0 Å². The molecule has 5 heteroatoms. The summed E-state index contributed by atoms with van der Waals surface area (Å²) >= 11 is 0. The number of fused-ring (bicyclic) bond motifs is 1. The zero-order valence-corrected chi connectivity index (χ0v) is 12.7. The third-order valence-corrected chi connectivity index (χ3v) is 3.54. The van der Waals surface area contributed by atoms with Crippen LogP contribution in [0.3, 0.4) is 0 Å². The maximum atomic E-state index is 5.86. The summed E-state index contributed by atoms with van der Waals surface area (Å²) in [6, 6.07) is 13.8. The van der Waals surface area contributed by atoms with Crippen molar-refractivity contribution in [3.63, 3.8) is 0 Å². The largest absolute Gasteiger partial charge is 0.491 e. The second kappa shape index (κ2) is 6.07. The quantitative estimate of drug-likeness (QED) is 0.581. The van der Waals surface area contributed by atoms with Crippen LogP contribution in [0.5, 0.6) is 5.75 Å². The van der Waals surface area contributed by atoms with Gasteiger partial charge in [-0.25, -0.2) is 0 Å². The molecule has 0 fully saturated rings. The minimum atomic E-state index is 0.527. The van der Waals surface area contributed by atoms with Crippen molar-refractivity contribution < 1.29 is 9.47 Å². The number of ether oxygens (including phenoxy) is 2. The van der Waals surface area contributed by atoms with Gasteiger partial charge >= 0.3 is 0 Å². The van der Waals surface area contributed by atoms with Gasteiger partial charge in [0.25, 0.3) is 0 Å². The lowest BCUT2D eigenvalue weighted by atomic mass is 10.1. The maximum absolute atomic E-state index is 5.86. The number of nitrogens with two attached hydrogens (primary N) is 1. The lowest BCUT2D eigenvalue weighted by Gasteiger charge is -2.06. The molecule has 0 atom stereocenters. The molecule has 0 aliphatic rings. The minimum absolute atomic E-state index is 0.527. The minimum Gasteiger partial charge on any atom is -0.491 e. The van der Waals surface area contributed by atoms with E-state index in [4.69, 9.17) is 15.2 Å². The smallest absolute Gasteiger partial charge is 0.120 e. The number of hydrogen-bond acceptors (Lipinski definition) is 4. The van der Waals surface area contributed by atoms with E-state index >= 15 is 0 Å². The van der Waals surface area contributed by atoms with E-state index in [1.807, 2.05) is 54.2 Å². The van der Waals surface area contributed by atoms with E-state index in [0.717, 1.165) is 33.6 Å². The Balaban J connectivity index is 1.99. The molecule has 3 rings (SSSR count). The second-order valence-electron chi connectivity index (χ2n) is 5.12. The molecule has 0 unspecified atom stereocenters. The zero-order chi connectivity index (χ0) is 15.5. The van der Waals surface area contributed by atoms with Crippen LogP contribution in [0.1, 0.15) is 0 Å². The van der Waals surface area contributed by atoms with Gasteiger partial charge in [0.2, 0.25) is 0 Å². The first-order valence-electron chi connectivity index (χ1n) is 7.13. The van der Waals surface area contributed by atoms with Gasteiger partial charge in [0.15, 0.2) is 0 Å². The Morgan fingerprint density at radius 3 is 2.82 bits per heavy atom. The maximum Gasteiger partial charge on any atom is 0.120 e. The van der Waals surface area contributed by atoms with Gasteiger partial charge in [-0.05, 0) is 30.3 Å². The molecule has 1 aromatic heterocycles. The van der Waals surface area contributed by atoms with E-state index < -0.39 is 0 Å². The number of aromatic nitrogens is 2. The predicted octanol–water partition coefficient (Wildman–Crippen LogP) is 2.85. The van der Waals surface area contributed by atoms with Crippen molar-refractivity contribution in [3.8, 4) is 17.0 Å². The number of nitrogens with zero attached hydrogens (tertiary/aromatic N) is 2. The van der Waals surface area contributed by atoms with Crippen LogP contribution in [0.15, 0.2) is 42.5 Å². The van der Waals surface area contributed by atoms with Gasteiger partial charge < -0.3 is 15.2 Å². The Labute approximate surface area is 129 Å². The van der Waals surface area contributed by atoms with Crippen molar-refractivity contribution in [2.75, 3.05) is 26.1 Å². The lowest BCUT2D eigenvalue weighted by Crippen LogP contribution is -2.04. The third-order valence-electron chi connectivity index (χ3n) is 3.54. The number of anilines is 1. The molecule has 2 N–H and O–H groups in total. The highest BCUT2D eigenvalue weighted by Crippen LogP contribution is 2.30. The zero-order valence-electron chi connectivity index (χ0n) is 12.7. The summed E-state index contributed by atoms with van der Waals surface area (Å²) in [7, 11) is 3.58. The van der Waals surface area contributed by atoms with Crippen LogP contribution < -0.4 is 10.5 Å². The third kappa shape index (κ3) is 2.76. The van der Waals surface area contributed by atoms with E-state index in [2.05, 4.69) is 5.10 Å². The van der Waals surface area contributed by atoms with Gasteiger partial charge in [0.05, 0.1) is 12.1 Å². The Morgan fingerprint density at radius 2 is 2.00 bits per heavy atom. The Bertz CT molecular complexity index is 796. The van der Waals surface area contributed by atoms with Crippen molar-refractivity contribution in [1.82, 2.24) is 9.78 Å². The summed E-state index contributed by atoms with van der Waals surface area (Å²) in [6.07, 6.45) is 0. The Kier molecular flexibility index (Phi) is 3.98. The van der Waals surface area contributed by atoms with Crippen LogP contribution in [0.2, 0.25) is 0 Å². The van der Waals surface area contributed by atoms with E-state index in [-0.39, 0.29) is 0 Å². The average molecular weight is 297 g/mol. The van der Waals surface area contributed by atoms with Gasteiger partial charge in [-0.2, -0.15) is 5.10 Å². The highest BCUT2D eigenvalue weighted by molar-refractivity contribution is 5.94. The summed E-state index contributed by atoms with van der Waals surface area (Å²) in [5.74, 6) is 0.809. The van der Waals surface area contributed by atoms with Crippen LogP contribution in [0.25, 0.3) is 22.2 Å². The van der Waals surface area contributed by atoms with E-state index in [1.165, 1.54) is 0 Å². The average Bonchev–Trinajstić information content (AvgIpc) is 2.85. The highest BCUT2D eigenvalue weighted by Gasteiger charge is 2.11. The van der Waals surface area contributed by atoms with E-state index in [0.29, 0.717) is 13.2 Å². The molecular weight excluding hydrogens is 278 g/mol. The summed E-state index contributed by atoms with van der Waals surface area (Å²) in [5.41, 5.74) is 9.55. The topological polar surface area (TPSA) is 62.3 Å². The van der Waals surface area contributed by atoms with Crippen molar-refractivity contribution in [2.45, 2.75) is 0 Å². The lowest BCUT2D eigenvalue weighted by molar-refractivity contribution is 0.146. The number of nitrogen functional groups attached to an aromatic ring is 1. The SMILES string of the molecule is COCCOc1cccc(-c2nn(C)c3cc(N)ccc23)c1. The molecule has 114 valence electrons. The molecule has 0 radical (unpaired) electrons. The predicted molar refractivity (Wildman–Crippen MR) is 87.9 cm³/mol. The molecule has 0 amide bonds. The molecule has 3 aromatic rings. The molecule has 0 aliphatic heterocycles. The molecule has 5 nitrogen and oxygen atoms in total. The molecular formula is C17H19N3O2. The number of hydrogen-bond donors (Lipinski definition) is 1. The van der Waals surface area contributed by atoms with Crippen molar-refractivity contribution in [1.29, 1.82) is 0 Å². The normalized spacial score (nSPS) is 11.0. The number of benzene rings is 2. The van der Waals surface area contributed by atoms with Crippen LogP contribution in [-0.2, 0) is 11.8 Å². The molecule has 0 bridgehead atoms. The van der Waals surface area contributed by atoms with Crippen molar-refractivity contribution in [2.24, 2.45) is 7.05 Å². The first kappa shape index (κ1) is 14.4. The molecule has 2 aromatic carbocycles. The fourth-order valence-electron chi connectivity index (χ4n) is 2.46. The summed E-state index contributed by atoms with van der Waals surface area (Å²) in [6.45, 7) is 1.09. The van der Waals surface area contributed by atoms with Crippen LogP contribution in [-0.4, -0.2) is 30.1 Å². The summed E-state index contributed by atoms with van der Waals surface area (Å²) < 4.78 is 12.5. The summed E-state index contributed by atoms with van der Waals surface area (Å²) in [4.78, 5) is 0. The van der Waals surface area contributed by atoms with Gasteiger partial charge in [0, 0.05) is 30.8 Å². The van der Waals surface area contributed by atoms with Gasteiger partial charge in [-0.1, -0.05) is 12.1 Å². The van der Waals surface area contributed by atoms with Crippen LogP contribution in [0.4, 0.5) is 5.69 Å². The molecule has 1 heterocycles. The molecule has 0 saturated heterocycles. The van der Waals surface area contributed by atoms with Crippen molar-refractivity contribution in [3.05, 3.63) is 42.5 Å². The van der Waals surface area contributed by atoms with Crippen molar-refractivity contribution >= 4 is 16.6 Å². The Morgan fingerprint density at radius 1 is 1.14 bits per heavy atom. The fourth-order valence-corrected chi connectivity index (χ4v) is 2.46. The monoisotopic (exact) mass is 297 g/mol. The number of rotatable bonds is 5. The summed E-state index contributed by atoms with van der Waals surface area (Å²) in [5, 5.41) is 5.69. The molecule has 0 aliphatic carbocycles. The molecule has 0 saturated carbocycles. The Hall–Kier alpha value is -2.53. The first-order valence-corrected chi connectivity index (χ1v) is 7.13. The highest BCUT2D eigenvalue weighted by atomic mass is 16.5. The van der Waals surface area contributed by atoms with E-state index in [9.17, 15) is 0 Å². The standard InChI is InChI=1S/C17H19N3O2/c1-20-16-11-13(18)6-7-15(16)17(19-20)12-4-3-5-14(10-12)22-9-8-21-2/h3-7,10-11H,8-9,18H2,1-2H3. The number of methoxy groups -OCH3 is 1. The van der Waals surface area contributed by atoms with Gasteiger partial charge in [-0.15, -0.1) is 0 Å². The van der Waals surface area contributed by atoms with Gasteiger partial charge in [-0.3, -0.25) is 4.68 Å². The molecule has 22 heavy (non-hydrogen) atoms. The first-order chi connectivity index (χ1) is 10.7. The molecule has 0 spiro atoms. The fraction of sp³-hybridized carbons (Fsp3) is 0.235. The second-order valence-corrected chi connectivity index (χ2v) is 5.12. The number of aryl methyl sites for hydroxylation is 1. The van der Waals surface area contributed by atoms with Crippen LogP contribution in [0, 0.1) is 0 Å². The van der Waals surface area contributed by atoms with Gasteiger partial charge in [0.1, 0.15) is 18.1 Å². The van der Waals surface area contributed by atoms with E-state index in [1.54, 1.807) is 7.11 Å².